The molecule has 1 aliphatic rings. The second-order valence-electron chi connectivity index (χ2n) is 7.64. The lowest BCUT2D eigenvalue weighted by molar-refractivity contribution is -0.139. The Morgan fingerprint density at radius 2 is 1.97 bits per heavy atom. The molecule has 33 heavy (non-hydrogen) atoms. The van der Waals surface area contributed by atoms with Crippen LogP contribution in [-0.2, 0) is 15.3 Å². The standard InChI is InChI=1S/C25H28N4O3S/c1-4-14-32-23(30)21-17(3)26-24-27-25(33-16-18-10-7-6-8-11-18)28-29(24)22(21)19-12-9-13-20(15-19)31-5-2/h6-13,15,22H,4-5,14,16H2,1-3H3,(H,26,27,28). The molecule has 172 valence electrons. The van der Waals surface area contributed by atoms with Crippen LogP contribution in [0.5, 0.6) is 5.75 Å². The first-order valence-corrected chi connectivity index (χ1v) is 12.1. The monoisotopic (exact) mass is 464 g/mol. The molecule has 0 bridgehead atoms. The molecule has 2 aromatic carbocycles. The number of nitrogens with one attached hydrogen (secondary N) is 1. The van der Waals surface area contributed by atoms with E-state index in [0.717, 1.165) is 23.5 Å². The fourth-order valence-corrected chi connectivity index (χ4v) is 4.49. The lowest BCUT2D eigenvalue weighted by Crippen LogP contribution is -2.29. The summed E-state index contributed by atoms with van der Waals surface area (Å²) in [6.07, 6.45) is 0.755. The smallest absolute Gasteiger partial charge is 0.338 e. The zero-order chi connectivity index (χ0) is 23.2. The number of benzene rings is 2. The van der Waals surface area contributed by atoms with Gasteiger partial charge in [-0.05, 0) is 43.5 Å². The van der Waals surface area contributed by atoms with Crippen molar-refractivity contribution in [2.75, 3.05) is 18.5 Å². The van der Waals surface area contributed by atoms with Gasteiger partial charge in [-0.3, -0.25) is 0 Å². The molecule has 0 saturated heterocycles. The maximum Gasteiger partial charge on any atom is 0.338 e. The zero-order valence-electron chi connectivity index (χ0n) is 19.1. The lowest BCUT2D eigenvalue weighted by atomic mass is 9.95. The molecule has 1 N–H and O–H groups in total. The molecule has 0 saturated carbocycles. The highest BCUT2D eigenvalue weighted by Gasteiger charge is 2.35. The Balaban J connectivity index is 1.70. The maximum absolute atomic E-state index is 13.1. The third-order valence-electron chi connectivity index (χ3n) is 5.19. The molecular weight excluding hydrogens is 436 g/mol. The number of carbonyl (C=O) groups is 1. The van der Waals surface area contributed by atoms with E-state index in [1.807, 2.05) is 63.2 Å². The predicted molar refractivity (Wildman–Crippen MR) is 129 cm³/mol. The molecule has 8 heteroatoms. The molecule has 1 aromatic heterocycles. The fourth-order valence-electron chi connectivity index (χ4n) is 3.70. The minimum atomic E-state index is -0.468. The van der Waals surface area contributed by atoms with E-state index in [0.29, 0.717) is 35.6 Å². The van der Waals surface area contributed by atoms with Gasteiger partial charge < -0.3 is 14.8 Å². The predicted octanol–water partition coefficient (Wildman–Crippen LogP) is 5.21. The van der Waals surface area contributed by atoms with Crippen molar-refractivity contribution >= 4 is 23.7 Å². The van der Waals surface area contributed by atoms with Gasteiger partial charge in [-0.2, -0.15) is 4.98 Å². The van der Waals surface area contributed by atoms with E-state index >= 15 is 0 Å². The van der Waals surface area contributed by atoms with Crippen LogP contribution in [-0.4, -0.2) is 33.9 Å². The van der Waals surface area contributed by atoms with Crippen molar-refractivity contribution in [1.82, 2.24) is 14.8 Å². The molecule has 7 nitrogen and oxygen atoms in total. The summed E-state index contributed by atoms with van der Waals surface area (Å²) >= 11 is 1.56. The number of nitrogens with zero attached hydrogens (tertiary/aromatic N) is 3. The van der Waals surface area contributed by atoms with Crippen molar-refractivity contribution in [1.29, 1.82) is 0 Å². The molecule has 1 aliphatic heterocycles. The molecule has 0 radical (unpaired) electrons. The first kappa shape index (κ1) is 22.9. The molecule has 2 heterocycles. The van der Waals surface area contributed by atoms with Gasteiger partial charge in [0.05, 0.1) is 18.8 Å². The number of rotatable bonds is 9. The summed E-state index contributed by atoms with van der Waals surface area (Å²) in [6, 6.07) is 17.5. The molecule has 0 fully saturated rings. The SMILES string of the molecule is CCCOC(=O)C1=C(C)Nc2nc(SCc3ccccc3)nn2C1c1cccc(OCC)c1. The van der Waals surface area contributed by atoms with E-state index in [-0.39, 0.29) is 5.97 Å². The van der Waals surface area contributed by atoms with E-state index in [2.05, 4.69) is 17.4 Å². The van der Waals surface area contributed by atoms with Crippen LogP contribution in [0.2, 0.25) is 0 Å². The van der Waals surface area contributed by atoms with Crippen molar-refractivity contribution in [3.05, 3.63) is 77.0 Å². The molecule has 0 aliphatic carbocycles. The Morgan fingerprint density at radius 1 is 1.15 bits per heavy atom. The topological polar surface area (TPSA) is 78.3 Å². The molecule has 1 atom stereocenters. The average molecular weight is 465 g/mol. The van der Waals surface area contributed by atoms with Crippen LogP contribution in [0.1, 0.15) is 44.4 Å². The van der Waals surface area contributed by atoms with Crippen molar-refractivity contribution in [2.45, 2.75) is 44.1 Å². The summed E-state index contributed by atoms with van der Waals surface area (Å²) in [5.74, 6) is 1.75. The number of allylic oxidation sites excluding steroid dienone is 1. The number of esters is 1. The van der Waals surface area contributed by atoms with Crippen LogP contribution in [0.3, 0.4) is 0 Å². The van der Waals surface area contributed by atoms with Crippen LogP contribution in [0.15, 0.2) is 71.0 Å². The number of anilines is 1. The highest BCUT2D eigenvalue weighted by Crippen LogP contribution is 2.38. The number of thioether (sulfide) groups is 1. The molecule has 3 aromatic rings. The summed E-state index contributed by atoms with van der Waals surface area (Å²) < 4.78 is 13.0. The highest BCUT2D eigenvalue weighted by atomic mass is 32.2. The van der Waals surface area contributed by atoms with Gasteiger partial charge in [0.15, 0.2) is 0 Å². The van der Waals surface area contributed by atoms with Crippen LogP contribution in [0.4, 0.5) is 5.95 Å². The number of aromatic nitrogens is 3. The second-order valence-corrected chi connectivity index (χ2v) is 8.59. The average Bonchev–Trinajstić information content (AvgIpc) is 3.23. The number of carbonyl (C=O) groups excluding carboxylic acids is 1. The van der Waals surface area contributed by atoms with E-state index in [9.17, 15) is 4.79 Å². The summed E-state index contributed by atoms with van der Waals surface area (Å²) in [4.78, 5) is 17.8. The normalized spacial score (nSPS) is 15.1. The Hall–Kier alpha value is -3.26. The minimum absolute atomic E-state index is 0.353. The number of hydrogen-bond donors (Lipinski definition) is 1. The minimum Gasteiger partial charge on any atom is -0.494 e. The quantitative estimate of drug-likeness (QED) is 0.344. The largest absolute Gasteiger partial charge is 0.494 e. The first-order valence-electron chi connectivity index (χ1n) is 11.1. The zero-order valence-corrected chi connectivity index (χ0v) is 19.9. The maximum atomic E-state index is 13.1. The van der Waals surface area contributed by atoms with Gasteiger partial charge >= 0.3 is 5.97 Å². The highest BCUT2D eigenvalue weighted by molar-refractivity contribution is 7.98. The van der Waals surface area contributed by atoms with Gasteiger partial charge in [-0.1, -0.05) is 61.2 Å². The summed E-state index contributed by atoms with van der Waals surface area (Å²) in [5, 5.41) is 8.66. The van der Waals surface area contributed by atoms with Crippen molar-refractivity contribution in [3.8, 4) is 5.75 Å². The van der Waals surface area contributed by atoms with Crippen molar-refractivity contribution < 1.29 is 14.3 Å². The van der Waals surface area contributed by atoms with Gasteiger partial charge in [-0.15, -0.1) is 5.10 Å². The van der Waals surface area contributed by atoms with Gasteiger partial charge in [0.25, 0.3) is 0 Å². The van der Waals surface area contributed by atoms with Gasteiger partial charge in [0.1, 0.15) is 11.8 Å². The third-order valence-corrected chi connectivity index (χ3v) is 6.09. The number of hydrogen-bond acceptors (Lipinski definition) is 7. The van der Waals surface area contributed by atoms with Crippen LogP contribution >= 0.6 is 11.8 Å². The van der Waals surface area contributed by atoms with Crippen molar-refractivity contribution in [3.63, 3.8) is 0 Å². The van der Waals surface area contributed by atoms with E-state index in [4.69, 9.17) is 19.6 Å². The van der Waals surface area contributed by atoms with E-state index in [1.165, 1.54) is 5.56 Å². The molecule has 4 rings (SSSR count). The summed E-state index contributed by atoms with van der Waals surface area (Å²) in [5.41, 5.74) is 3.31. The molecular formula is C25H28N4O3S. The lowest BCUT2D eigenvalue weighted by Gasteiger charge is -2.28. The van der Waals surface area contributed by atoms with E-state index in [1.54, 1.807) is 16.4 Å². The van der Waals surface area contributed by atoms with E-state index < -0.39 is 6.04 Å². The Morgan fingerprint density at radius 3 is 2.73 bits per heavy atom. The molecule has 0 amide bonds. The Bertz CT molecular complexity index is 1140. The van der Waals surface area contributed by atoms with Crippen LogP contribution in [0, 0.1) is 0 Å². The van der Waals surface area contributed by atoms with Gasteiger partial charge in [0.2, 0.25) is 11.1 Å². The number of fused-ring (bicyclic) bond motifs is 1. The Kier molecular flexibility index (Phi) is 7.34. The Labute approximate surface area is 198 Å². The molecule has 0 spiro atoms. The second kappa shape index (κ2) is 10.6. The van der Waals surface area contributed by atoms with Crippen LogP contribution < -0.4 is 10.1 Å². The first-order chi connectivity index (χ1) is 16.1. The van der Waals surface area contributed by atoms with Crippen molar-refractivity contribution in [2.24, 2.45) is 0 Å². The van der Waals surface area contributed by atoms with Gasteiger partial charge in [-0.25, -0.2) is 9.48 Å². The van der Waals surface area contributed by atoms with Crippen LogP contribution in [0.25, 0.3) is 0 Å². The fraction of sp³-hybridized carbons (Fsp3) is 0.320. The summed E-state index contributed by atoms with van der Waals surface area (Å²) in [6.45, 7) is 6.72. The summed E-state index contributed by atoms with van der Waals surface area (Å²) in [7, 11) is 0. The molecule has 1 unspecified atom stereocenters. The van der Waals surface area contributed by atoms with Gasteiger partial charge in [0, 0.05) is 11.4 Å². The number of ether oxygens (including phenoxy) is 2. The third kappa shape index (κ3) is 5.22.